The van der Waals surface area contributed by atoms with Gasteiger partial charge < -0.3 is 0 Å². The van der Waals surface area contributed by atoms with Crippen molar-refractivity contribution in [1.29, 1.82) is 0 Å². The van der Waals surface area contributed by atoms with Crippen LogP contribution in [0.25, 0.3) is 10.8 Å². The van der Waals surface area contributed by atoms with E-state index in [0.29, 0.717) is 5.54 Å². The highest BCUT2D eigenvalue weighted by molar-refractivity contribution is 7.21. The largest absolute Gasteiger partial charge is 0.156 e. The maximum absolute atomic E-state index is 2.39. The van der Waals surface area contributed by atoms with E-state index in [4.69, 9.17) is 0 Å². The van der Waals surface area contributed by atoms with Crippen molar-refractivity contribution in [3.05, 3.63) is 132 Å². The lowest BCUT2D eigenvalue weighted by Gasteiger charge is -2.54. The molecule has 164 valence electrons. The molecule has 0 nitrogen and oxygen atoms in total. The van der Waals surface area contributed by atoms with Crippen LogP contribution in [0.15, 0.2) is 121 Å². The molecule has 1 atom stereocenters. The lowest BCUT2D eigenvalue weighted by atomic mass is 9.85. The van der Waals surface area contributed by atoms with Gasteiger partial charge in [-0.05, 0) is 49.6 Å². The van der Waals surface area contributed by atoms with Crippen LogP contribution in [0.2, 0.25) is 5.54 Å². The van der Waals surface area contributed by atoms with E-state index < -0.39 is 8.07 Å². The number of benzene rings is 4. The normalized spacial score (nSPS) is 17.5. The fourth-order valence-corrected chi connectivity index (χ4v) is 12.1. The van der Waals surface area contributed by atoms with Gasteiger partial charge in [0.2, 0.25) is 0 Å². The molecule has 1 unspecified atom stereocenters. The van der Waals surface area contributed by atoms with E-state index in [9.17, 15) is 0 Å². The highest BCUT2D eigenvalue weighted by Gasteiger charge is 2.58. The summed E-state index contributed by atoms with van der Waals surface area (Å²) >= 11 is 0. The minimum atomic E-state index is -2.27. The predicted molar refractivity (Wildman–Crippen MR) is 145 cm³/mol. The van der Waals surface area contributed by atoms with Crippen LogP contribution in [0.5, 0.6) is 0 Å². The van der Waals surface area contributed by atoms with Crippen molar-refractivity contribution < 1.29 is 0 Å². The molecule has 5 rings (SSSR count). The molecule has 0 aromatic heterocycles. The second-order valence-corrected chi connectivity index (χ2v) is 14.3. The summed E-state index contributed by atoms with van der Waals surface area (Å²) in [6.45, 7) is 7.18. The minimum absolute atomic E-state index is 0.231. The zero-order valence-corrected chi connectivity index (χ0v) is 20.8. The van der Waals surface area contributed by atoms with Gasteiger partial charge in [-0.3, -0.25) is 0 Å². The molecule has 0 spiro atoms. The monoisotopic (exact) mass is 444 g/mol. The van der Waals surface area contributed by atoms with E-state index in [1.54, 1.807) is 10.8 Å². The van der Waals surface area contributed by atoms with Gasteiger partial charge in [-0.1, -0.05) is 142 Å². The van der Waals surface area contributed by atoms with Gasteiger partial charge in [0.05, 0.1) is 0 Å². The maximum atomic E-state index is 2.39. The van der Waals surface area contributed by atoms with Crippen LogP contribution >= 0.6 is 0 Å². The summed E-state index contributed by atoms with van der Waals surface area (Å²) in [6, 6.07) is 45.0. The van der Waals surface area contributed by atoms with E-state index in [0.717, 1.165) is 0 Å². The Labute approximate surface area is 199 Å². The maximum Gasteiger partial charge on any atom is 0.156 e. The first-order chi connectivity index (χ1) is 16.0. The van der Waals surface area contributed by atoms with Gasteiger partial charge in [0.1, 0.15) is 0 Å². The Morgan fingerprint density at radius 2 is 0.939 bits per heavy atom. The molecule has 0 saturated carbocycles. The first-order valence-corrected chi connectivity index (χ1v) is 14.1. The first-order valence-electron chi connectivity index (χ1n) is 12.0. The van der Waals surface area contributed by atoms with Gasteiger partial charge >= 0.3 is 0 Å². The number of hydrogen-bond donors (Lipinski definition) is 0. The Morgan fingerprint density at radius 3 is 1.36 bits per heavy atom. The summed E-state index contributed by atoms with van der Waals surface area (Å²) in [7, 11) is -2.27. The molecule has 0 bridgehead atoms. The Hall–Kier alpha value is -3.16. The zero-order chi connectivity index (χ0) is 22.9. The molecule has 33 heavy (non-hydrogen) atoms. The van der Waals surface area contributed by atoms with Crippen LogP contribution in [0, 0.1) is 5.41 Å². The minimum Gasteiger partial charge on any atom is -0.0624 e. The van der Waals surface area contributed by atoms with Gasteiger partial charge in [-0.25, -0.2) is 0 Å². The Kier molecular flexibility index (Phi) is 5.68. The summed E-state index contributed by atoms with van der Waals surface area (Å²) < 4.78 is 0. The van der Waals surface area contributed by atoms with Crippen LogP contribution in [-0.4, -0.2) is 8.07 Å². The third kappa shape index (κ3) is 3.81. The van der Waals surface area contributed by atoms with E-state index in [1.807, 2.05) is 0 Å². The number of hydrogen-bond acceptors (Lipinski definition) is 0. The van der Waals surface area contributed by atoms with Crippen molar-refractivity contribution in [2.45, 2.75) is 32.7 Å². The summed E-state index contributed by atoms with van der Waals surface area (Å²) in [5.74, 6) is 0. The Balaban J connectivity index is 1.90. The van der Waals surface area contributed by atoms with Crippen LogP contribution in [-0.2, 0) is 0 Å². The smallest absolute Gasteiger partial charge is 0.0624 e. The van der Waals surface area contributed by atoms with Crippen LogP contribution in [0.4, 0.5) is 0 Å². The van der Waals surface area contributed by atoms with Crippen molar-refractivity contribution in [1.82, 2.24) is 0 Å². The fourth-order valence-electron chi connectivity index (χ4n) is 5.78. The lowest BCUT2D eigenvalue weighted by Crippen LogP contribution is -2.68. The summed E-state index contributed by atoms with van der Waals surface area (Å²) in [5.41, 5.74) is 5.05. The quantitative estimate of drug-likeness (QED) is 0.285. The SMILES string of the molecule is CC(C)(C)CC1C(c2ccccc2)=C(c2ccccc2)[Si]1(c1ccccc1)c1ccccc1. The third-order valence-electron chi connectivity index (χ3n) is 6.96. The van der Waals surface area contributed by atoms with E-state index in [-0.39, 0.29) is 5.41 Å². The van der Waals surface area contributed by atoms with Gasteiger partial charge in [0.15, 0.2) is 8.07 Å². The highest BCUT2D eigenvalue weighted by Crippen LogP contribution is 2.59. The van der Waals surface area contributed by atoms with Gasteiger partial charge in [-0.2, -0.15) is 0 Å². The van der Waals surface area contributed by atoms with Crippen LogP contribution in [0.3, 0.4) is 0 Å². The highest BCUT2D eigenvalue weighted by atomic mass is 28.3. The van der Waals surface area contributed by atoms with Crippen molar-refractivity contribution in [2.75, 3.05) is 0 Å². The van der Waals surface area contributed by atoms with Crippen molar-refractivity contribution in [3.63, 3.8) is 0 Å². The van der Waals surface area contributed by atoms with Crippen molar-refractivity contribution >= 4 is 29.2 Å². The molecule has 1 heteroatoms. The summed E-state index contributed by atoms with van der Waals surface area (Å²) in [6.07, 6.45) is 1.17. The summed E-state index contributed by atoms with van der Waals surface area (Å²) in [5, 5.41) is 4.62. The van der Waals surface area contributed by atoms with Gasteiger partial charge in [0, 0.05) is 0 Å². The topological polar surface area (TPSA) is 0 Å². The fraction of sp³-hybridized carbons (Fsp3) is 0.188. The standard InChI is InChI=1S/C32H32Si/c1-32(2,3)24-29-30(25-16-8-4-9-17-25)31(26-18-10-5-11-19-26)33(29,27-20-12-6-13-21-27)28-22-14-7-15-23-28/h4-23,29H,24H2,1-3H3. The van der Waals surface area contributed by atoms with E-state index >= 15 is 0 Å². The molecule has 0 fully saturated rings. The van der Waals surface area contributed by atoms with Gasteiger partial charge in [-0.15, -0.1) is 0 Å². The third-order valence-corrected chi connectivity index (χ3v) is 12.3. The lowest BCUT2D eigenvalue weighted by molar-refractivity contribution is 0.380. The molecule has 4 aromatic rings. The van der Waals surface area contributed by atoms with E-state index in [2.05, 4.69) is 142 Å². The summed E-state index contributed by atoms with van der Waals surface area (Å²) in [4.78, 5) is 0. The first kappa shape index (κ1) is 21.7. The molecular weight excluding hydrogens is 412 g/mol. The number of rotatable bonds is 5. The Morgan fingerprint density at radius 1 is 0.545 bits per heavy atom. The second kappa shape index (κ2) is 8.65. The molecular formula is C32H32Si. The van der Waals surface area contributed by atoms with Crippen LogP contribution in [0.1, 0.15) is 38.3 Å². The van der Waals surface area contributed by atoms with Crippen LogP contribution < -0.4 is 10.4 Å². The van der Waals surface area contributed by atoms with E-state index in [1.165, 1.54) is 27.9 Å². The predicted octanol–water partition coefficient (Wildman–Crippen LogP) is 7.22. The molecule has 1 aliphatic rings. The molecule has 0 radical (unpaired) electrons. The molecule has 4 aromatic carbocycles. The average Bonchev–Trinajstić information content (AvgIpc) is 2.84. The molecule has 0 aliphatic carbocycles. The Bertz CT molecular complexity index is 1190. The molecule has 0 N–H and O–H groups in total. The molecule has 0 saturated heterocycles. The zero-order valence-electron chi connectivity index (χ0n) is 19.8. The molecule has 1 aliphatic heterocycles. The number of allylic oxidation sites excluding steroid dienone is 1. The molecule has 0 amide bonds. The van der Waals surface area contributed by atoms with Gasteiger partial charge in [0.25, 0.3) is 0 Å². The average molecular weight is 445 g/mol. The van der Waals surface area contributed by atoms with Crippen molar-refractivity contribution in [2.24, 2.45) is 5.41 Å². The van der Waals surface area contributed by atoms with Crippen molar-refractivity contribution in [3.8, 4) is 0 Å². The molecule has 1 heterocycles. The second-order valence-electron chi connectivity index (χ2n) is 10.4.